The van der Waals surface area contributed by atoms with Crippen LogP contribution in [0, 0.1) is 5.82 Å². The molecule has 2 atom stereocenters. The summed E-state index contributed by atoms with van der Waals surface area (Å²) in [5.74, 6) is -3.22. The van der Waals surface area contributed by atoms with Crippen LogP contribution in [0.3, 0.4) is 0 Å². The quantitative estimate of drug-likeness (QED) is 0.712. The van der Waals surface area contributed by atoms with Crippen LogP contribution in [0.15, 0.2) is 18.2 Å². The molecule has 1 saturated heterocycles. The molecule has 1 aromatic rings. The zero-order valence-electron chi connectivity index (χ0n) is 9.78. The molecule has 3 N–H and O–H groups in total. The maximum atomic E-state index is 13.1. The molecule has 1 aromatic carbocycles. The number of aromatic hydroxyl groups is 1. The number of amides is 1. The van der Waals surface area contributed by atoms with E-state index in [4.69, 9.17) is 5.11 Å². The maximum Gasteiger partial charge on any atom is 0.326 e. The van der Waals surface area contributed by atoms with Crippen molar-refractivity contribution in [2.75, 3.05) is 6.54 Å². The smallest absolute Gasteiger partial charge is 0.326 e. The number of aliphatic hydroxyl groups excluding tert-OH is 1. The second kappa shape index (κ2) is 4.85. The molecule has 1 aliphatic heterocycles. The fraction of sp³-hybridized carbons (Fsp3) is 0.333. The van der Waals surface area contributed by atoms with Gasteiger partial charge in [0.05, 0.1) is 11.7 Å². The number of aliphatic hydroxyl groups is 1. The molecule has 1 amide bonds. The first kappa shape index (κ1) is 13.3. The summed E-state index contributed by atoms with van der Waals surface area (Å²) in [5, 5.41) is 28.0. The first-order valence-electron chi connectivity index (χ1n) is 5.60. The molecule has 0 aromatic heterocycles. The van der Waals surface area contributed by atoms with E-state index in [1.807, 2.05) is 0 Å². The third-order valence-corrected chi connectivity index (χ3v) is 3.01. The van der Waals surface area contributed by atoms with Gasteiger partial charge >= 0.3 is 5.97 Å². The molecule has 2 rings (SSSR count). The van der Waals surface area contributed by atoms with Gasteiger partial charge in [-0.1, -0.05) is 0 Å². The second-order valence-electron chi connectivity index (χ2n) is 4.36. The lowest BCUT2D eigenvalue weighted by Crippen LogP contribution is -2.40. The van der Waals surface area contributed by atoms with Crippen molar-refractivity contribution in [1.82, 2.24) is 4.90 Å². The molecule has 1 aliphatic rings. The second-order valence-corrected chi connectivity index (χ2v) is 4.36. The predicted molar refractivity (Wildman–Crippen MR) is 61.1 cm³/mol. The number of carbonyl (C=O) groups excluding carboxylic acids is 1. The molecule has 1 fully saturated rings. The Balaban J connectivity index is 2.33. The van der Waals surface area contributed by atoms with Crippen LogP contribution in [0.1, 0.15) is 16.8 Å². The van der Waals surface area contributed by atoms with Gasteiger partial charge in [0, 0.05) is 13.0 Å². The van der Waals surface area contributed by atoms with Crippen molar-refractivity contribution in [2.45, 2.75) is 18.6 Å². The molecule has 0 radical (unpaired) electrons. The number of halogens is 1. The minimum Gasteiger partial charge on any atom is -0.507 e. The average Bonchev–Trinajstić information content (AvgIpc) is 2.74. The van der Waals surface area contributed by atoms with Crippen LogP contribution < -0.4 is 0 Å². The van der Waals surface area contributed by atoms with E-state index >= 15 is 0 Å². The Hall–Kier alpha value is -2.15. The van der Waals surface area contributed by atoms with E-state index in [0.717, 1.165) is 23.1 Å². The van der Waals surface area contributed by atoms with E-state index in [9.17, 15) is 24.2 Å². The fourth-order valence-electron chi connectivity index (χ4n) is 2.11. The van der Waals surface area contributed by atoms with Crippen LogP contribution in [0.5, 0.6) is 5.75 Å². The van der Waals surface area contributed by atoms with E-state index in [2.05, 4.69) is 0 Å². The molecule has 0 bridgehead atoms. The van der Waals surface area contributed by atoms with Crippen molar-refractivity contribution in [1.29, 1.82) is 0 Å². The number of benzene rings is 1. The summed E-state index contributed by atoms with van der Waals surface area (Å²) < 4.78 is 13.1. The number of carboxylic acids is 1. The molecule has 102 valence electrons. The van der Waals surface area contributed by atoms with Gasteiger partial charge in [0.1, 0.15) is 17.6 Å². The van der Waals surface area contributed by atoms with Gasteiger partial charge in [-0.3, -0.25) is 4.79 Å². The van der Waals surface area contributed by atoms with E-state index in [1.165, 1.54) is 0 Å². The van der Waals surface area contributed by atoms with Gasteiger partial charge in [0.25, 0.3) is 5.91 Å². The zero-order chi connectivity index (χ0) is 14.2. The molecular formula is C12H12FNO5. The highest BCUT2D eigenvalue weighted by Gasteiger charge is 2.39. The summed E-state index contributed by atoms with van der Waals surface area (Å²) in [6.45, 7) is -0.161. The number of carboxylic acid groups (broad SMARTS) is 1. The summed E-state index contributed by atoms with van der Waals surface area (Å²) in [7, 11) is 0. The largest absolute Gasteiger partial charge is 0.507 e. The van der Waals surface area contributed by atoms with Crippen LogP contribution in [0.25, 0.3) is 0 Å². The number of likely N-dealkylation sites (tertiary alicyclic amines) is 1. The van der Waals surface area contributed by atoms with E-state index < -0.39 is 35.6 Å². The fourth-order valence-corrected chi connectivity index (χ4v) is 2.11. The van der Waals surface area contributed by atoms with Crippen molar-refractivity contribution < 1.29 is 29.3 Å². The SMILES string of the molecule is O=C(O)[C@@H]1C[C@@H](O)CN1C(=O)c1cc(F)ccc1O. The van der Waals surface area contributed by atoms with E-state index in [-0.39, 0.29) is 18.5 Å². The summed E-state index contributed by atoms with van der Waals surface area (Å²) >= 11 is 0. The van der Waals surface area contributed by atoms with Gasteiger partial charge < -0.3 is 20.2 Å². The Labute approximate surface area is 107 Å². The van der Waals surface area contributed by atoms with E-state index in [1.54, 1.807) is 0 Å². The number of rotatable bonds is 2. The van der Waals surface area contributed by atoms with Crippen LogP contribution in [0.4, 0.5) is 4.39 Å². The number of hydrogen-bond donors (Lipinski definition) is 3. The minimum atomic E-state index is -1.25. The normalized spacial score (nSPS) is 22.5. The lowest BCUT2D eigenvalue weighted by Gasteiger charge is -2.21. The molecule has 6 nitrogen and oxygen atoms in total. The van der Waals surface area contributed by atoms with Gasteiger partial charge in [-0.05, 0) is 18.2 Å². The van der Waals surface area contributed by atoms with Crippen LogP contribution in [-0.2, 0) is 4.79 Å². The first-order valence-corrected chi connectivity index (χ1v) is 5.60. The zero-order valence-corrected chi connectivity index (χ0v) is 9.78. The molecule has 0 saturated carbocycles. The highest BCUT2D eigenvalue weighted by molar-refractivity contribution is 5.99. The Bertz CT molecular complexity index is 533. The maximum absolute atomic E-state index is 13.1. The standard InChI is InChI=1S/C12H12FNO5/c13-6-1-2-10(16)8(3-6)11(17)14-5-7(15)4-9(14)12(18)19/h1-3,7,9,15-16H,4-5H2,(H,18,19)/t7-,9+/m1/s1. The highest BCUT2D eigenvalue weighted by Crippen LogP contribution is 2.25. The Kier molecular flexibility index (Phi) is 3.39. The van der Waals surface area contributed by atoms with Crippen molar-refractivity contribution in [2.24, 2.45) is 0 Å². The van der Waals surface area contributed by atoms with Crippen molar-refractivity contribution >= 4 is 11.9 Å². The Morgan fingerprint density at radius 2 is 2.05 bits per heavy atom. The number of aliphatic carboxylic acids is 1. The van der Waals surface area contributed by atoms with Crippen LogP contribution in [0.2, 0.25) is 0 Å². The molecule has 0 aliphatic carbocycles. The third kappa shape index (κ3) is 2.50. The van der Waals surface area contributed by atoms with Gasteiger partial charge in [-0.25, -0.2) is 9.18 Å². The van der Waals surface area contributed by atoms with Crippen LogP contribution in [-0.4, -0.2) is 50.8 Å². The van der Waals surface area contributed by atoms with Crippen molar-refractivity contribution in [3.63, 3.8) is 0 Å². The van der Waals surface area contributed by atoms with Crippen LogP contribution >= 0.6 is 0 Å². The number of carbonyl (C=O) groups is 2. The Morgan fingerprint density at radius 3 is 2.68 bits per heavy atom. The molecule has 0 unspecified atom stereocenters. The molecule has 0 spiro atoms. The number of phenolic OH excluding ortho intramolecular Hbond substituents is 1. The lowest BCUT2D eigenvalue weighted by atomic mass is 10.1. The third-order valence-electron chi connectivity index (χ3n) is 3.01. The topological polar surface area (TPSA) is 98.1 Å². The molecule has 1 heterocycles. The summed E-state index contributed by atoms with van der Waals surface area (Å²) in [6.07, 6.45) is -1.03. The summed E-state index contributed by atoms with van der Waals surface area (Å²) in [5.41, 5.74) is -0.319. The van der Waals surface area contributed by atoms with Gasteiger partial charge in [-0.15, -0.1) is 0 Å². The summed E-state index contributed by atoms with van der Waals surface area (Å²) in [4.78, 5) is 24.0. The summed E-state index contributed by atoms with van der Waals surface area (Å²) in [6, 6.07) is 1.66. The van der Waals surface area contributed by atoms with E-state index in [0.29, 0.717) is 0 Å². The molecule has 7 heteroatoms. The highest BCUT2D eigenvalue weighted by atomic mass is 19.1. The van der Waals surface area contributed by atoms with Gasteiger partial charge in [-0.2, -0.15) is 0 Å². The molecular weight excluding hydrogens is 257 g/mol. The average molecular weight is 269 g/mol. The number of β-amino-alcohol motifs (C(OH)–C–C–N with tert-alkyl or cyclic N) is 1. The Morgan fingerprint density at radius 1 is 1.37 bits per heavy atom. The van der Waals surface area contributed by atoms with Crippen molar-refractivity contribution in [3.05, 3.63) is 29.6 Å². The molecule has 19 heavy (non-hydrogen) atoms. The monoisotopic (exact) mass is 269 g/mol. The van der Waals surface area contributed by atoms with Crippen molar-refractivity contribution in [3.8, 4) is 5.75 Å². The first-order chi connectivity index (χ1) is 8.90. The predicted octanol–water partition coefficient (Wildman–Crippen LogP) is 0.191. The number of phenols is 1. The number of hydrogen-bond acceptors (Lipinski definition) is 4. The number of nitrogens with zero attached hydrogens (tertiary/aromatic N) is 1. The van der Waals surface area contributed by atoms with Gasteiger partial charge in [0.2, 0.25) is 0 Å². The van der Waals surface area contributed by atoms with Gasteiger partial charge in [0.15, 0.2) is 0 Å². The minimum absolute atomic E-state index is 0.0862. The lowest BCUT2D eigenvalue weighted by molar-refractivity contribution is -0.141.